The highest BCUT2D eigenvalue weighted by molar-refractivity contribution is 7.11. The Kier molecular flexibility index (Phi) is 4.38. The predicted molar refractivity (Wildman–Crippen MR) is 110 cm³/mol. The van der Waals surface area contributed by atoms with Crippen LogP contribution in [0.3, 0.4) is 0 Å². The molecule has 0 aliphatic carbocycles. The third kappa shape index (κ3) is 2.96. The van der Waals surface area contributed by atoms with E-state index in [4.69, 9.17) is 0 Å². The summed E-state index contributed by atoms with van der Waals surface area (Å²) in [7, 11) is 1.82. The van der Waals surface area contributed by atoms with Crippen molar-refractivity contribution < 1.29 is 9.59 Å². The van der Waals surface area contributed by atoms with Gasteiger partial charge in [0.1, 0.15) is 5.70 Å². The number of carbonyl (C=O) groups is 2. The minimum absolute atomic E-state index is 0.288. The zero-order valence-electron chi connectivity index (χ0n) is 15.0. The van der Waals surface area contributed by atoms with Gasteiger partial charge in [-0.1, -0.05) is 42.0 Å². The molecular formula is C22H18N2O2S. The van der Waals surface area contributed by atoms with Crippen molar-refractivity contribution in [2.75, 3.05) is 16.8 Å². The van der Waals surface area contributed by atoms with Gasteiger partial charge in [0.25, 0.3) is 11.8 Å². The molecule has 27 heavy (non-hydrogen) atoms. The molecular weight excluding hydrogens is 356 g/mol. The molecule has 5 heteroatoms. The molecule has 1 aromatic heterocycles. The fourth-order valence-corrected chi connectivity index (χ4v) is 3.94. The van der Waals surface area contributed by atoms with Crippen LogP contribution in [0.25, 0.3) is 5.57 Å². The van der Waals surface area contributed by atoms with Crippen LogP contribution in [0.15, 0.2) is 77.8 Å². The number of likely N-dealkylation sites (N-methyl/N-ethyl adjacent to an activating group) is 1. The zero-order valence-corrected chi connectivity index (χ0v) is 15.9. The quantitative estimate of drug-likeness (QED) is 0.632. The summed E-state index contributed by atoms with van der Waals surface area (Å²) < 4.78 is 0. The van der Waals surface area contributed by atoms with Crippen LogP contribution in [0, 0.1) is 6.92 Å². The van der Waals surface area contributed by atoms with Crippen molar-refractivity contribution >= 4 is 40.1 Å². The lowest BCUT2D eigenvalue weighted by Crippen LogP contribution is -2.34. The smallest absolute Gasteiger partial charge is 0.282 e. The van der Waals surface area contributed by atoms with Crippen LogP contribution in [0.2, 0.25) is 0 Å². The molecule has 0 saturated carbocycles. The molecule has 2 heterocycles. The van der Waals surface area contributed by atoms with Crippen molar-refractivity contribution in [1.29, 1.82) is 0 Å². The lowest BCUT2D eigenvalue weighted by molar-refractivity contribution is -0.120. The molecule has 0 atom stereocenters. The summed E-state index contributed by atoms with van der Waals surface area (Å²) in [5, 5.41) is 1.91. The molecule has 0 fully saturated rings. The molecule has 4 rings (SSSR count). The molecule has 0 saturated heterocycles. The Hall–Kier alpha value is -3.18. The van der Waals surface area contributed by atoms with Crippen LogP contribution in [-0.4, -0.2) is 18.9 Å². The minimum atomic E-state index is -0.307. The van der Waals surface area contributed by atoms with Gasteiger partial charge in [0.05, 0.1) is 11.3 Å². The van der Waals surface area contributed by atoms with Gasteiger partial charge >= 0.3 is 0 Å². The van der Waals surface area contributed by atoms with Gasteiger partial charge < -0.3 is 4.90 Å². The number of benzene rings is 2. The topological polar surface area (TPSA) is 40.6 Å². The van der Waals surface area contributed by atoms with Crippen molar-refractivity contribution in [2.24, 2.45) is 0 Å². The van der Waals surface area contributed by atoms with E-state index in [0.29, 0.717) is 17.0 Å². The SMILES string of the molecule is Cc1ccc(N2C(=O)C(c3cccs3)=C(N(C)c3ccccc3)C2=O)cc1. The van der Waals surface area contributed by atoms with Crippen molar-refractivity contribution in [1.82, 2.24) is 0 Å². The predicted octanol–water partition coefficient (Wildman–Crippen LogP) is 4.48. The average Bonchev–Trinajstić information content (AvgIpc) is 3.29. The molecule has 0 radical (unpaired) electrons. The second-order valence-electron chi connectivity index (χ2n) is 6.38. The van der Waals surface area contributed by atoms with Crippen LogP contribution in [0.1, 0.15) is 10.4 Å². The highest BCUT2D eigenvalue weighted by Crippen LogP contribution is 2.37. The van der Waals surface area contributed by atoms with Crippen molar-refractivity contribution in [3.05, 3.63) is 88.2 Å². The van der Waals surface area contributed by atoms with Crippen molar-refractivity contribution in [3.63, 3.8) is 0 Å². The van der Waals surface area contributed by atoms with Gasteiger partial charge in [0.15, 0.2) is 0 Å². The summed E-state index contributed by atoms with van der Waals surface area (Å²) in [4.78, 5) is 30.5. The maximum absolute atomic E-state index is 13.3. The van der Waals surface area contributed by atoms with Crippen LogP contribution < -0.4 is 9.80 Å². The first-order valence-corrected chi connectivity index (χ1v) is 9.48. The number of nitrogens with zero attached hydrogens (tertiary/aromatic N) is 2. The lowest BCUT2D eigenvalue weighted by atomic mass is 10.1. The van der Waals surface area contributed by atoms with E-state index in [1.807, 2.05) is 86.1 Å². The first-order chi connectivity index (χ1) is 13.1. The Bertz CT molecular complexity index is 1020. The summed E-state index contributed by atoms with van der Waals surface area (Å²) in [6.45, 7) is 1.97. The van der Waals surface area contributed by atoms with Gasteiger partial charge in [-0.25, -0.2) is 4.90 Å². The van der Waals surface area contributed by atoms with Gasteiger partial charge in [0.2, 0.25) is 0 Å². The molecule has 3 aromatic rings. The number of anilines is 2. The number of rotatable bonds is 4. The third-order valence-electron chi connectivity index (χ3n) is 4.60. The van der Waals surface area contributed by atoms with E-state index in [2.05, 4.69) is 0 Å². The molecule has 0 bridgehead atoms. The molecule has 0 spiro atoms. The van der Waals surface area contributed by atoms with E-state index in [9.17, 15) is 9.59 Å². The summed E-state index contributed by atoms with van der Waals surface area (Å²) in [6.07, 6.45) is 0. The molecule has 4 nitrogen and oxygen atoms in total. The number of aryl methyl sites for hydroxylation is 1. The Balaban J connectivity index is 1.85. The number of hydrogen-bond donors (Lipinski definition) is 0. The van der Waals surface area contributed by atoms with Gasteiger partial charge in [-0.15, -0.1) is 11.3 Å². The summed E-state index contributed by atoms with van der Waals surface area (Å²) in [5.74, 6) is -0.595. The first kappa shape index (κ1) is 17.2. The Labute approximate surface area is 162 Å². The molecule has 0 N–H and O–H groups in total. The Morgan fingerprint density at radius 3 is 2.19 bits per heavy atom. The molecule has 0 unspecified atom stereocenters. The highest BCUT2D eigenvalue weighted by atomic mass is 32.1. The number of hydrogen-bond acceptors (Lipinski definition) is 4. The van der Waals surface area contributed by atoms with Crippen LogP contribution in [-0.2, 0) is 9.59 Å². The number of carbonyl (C=O) groups excluding carboxylic acids is 2. The zero-order chi connectivity index (χ0) is 19.0. The number of thiophene rings is 1. The van der Waals surface area contributed by atoms with E-state index >= 15 is 0 Å². The number of para-hydroxylation sites is 1. The first-order valence-electron chi connectivity index (χ1n) is 8.60. The number of imide groups is 1. The molecule has 2 amide bonds. The Morgan fingerprint density at radius 2 is 1.56 bits per heavy atom. The van der Waals surface area contributed by atoms with Gasteiger partial charge in [-0.3, -0.25) is 9.59 Å². The normalized spacial score (nSPS) is 14.2. The fourth-order valence-electron chi connectivity index (χ4n) is 3.18. The van der Waals surface area contributed by atoms with Crippen LogP contribution in [0.4, 0.5) is 11.4 Å². The van der Waals surface area contributed by atoms with Gasteiger partial charge in [0, 0.05) is 17.6 Å². The van der Waals surface area contributed by atoms with E-state index in [0.717, 1.165) is 16.1 Å². The van der Waals surface area contributed by atoms with Gasteiger partial charge in [-0.05, 0) is 42.6 Å². The summed E-state index contributed by atoms with van der Waals surface area (Å²) in [5.41, 5.74) is 3.36. The van der Waals surface area contributed by atoms with Gasteiger partial charge in [-0.2, -0.15) is 0 Å². The second kappa shape index (κ2) is 6.85. The third-order valence-corrected chi connectivity index (χ3v) is 5.49. The fraction of sp³-hybridized carbons (Fsp3) is 0.0909. The molecule has 134 valence electrons. The molecule has 2 aromatic carbocycles. The molecule has 1 aliphatic heterocycles. The van der Waals surface area contributed by atoms with Crippen molar-refractivity contribution in [2.45, 2.75) is 6.92 Å². The maximum Gasteiger partial charge on any atom is 0.282 e. The van der Waals surface area contributed by atoms with E-state index in [-0.39, 0.29) is 11.8 Å². The largest absolute Gasteiger partial charge is 0.339 e. The summed E-state index contributed by atoms with van der Waals surface area (Å²) in [6, 6.07) is 20.8. The molecule has 1 aliphatic rings. The minimum Gasteiger partial charge on any atom is -0.339 e. The van der Waals surface area contributed by atoms with E-state index in [1.165, 1.54) is 16.2 Å². The maximum atomic E-state index is 13.3. The van der Waals surface area contributed by atoms with Crippen molar-refractivity contribution in [3.8, 4) is 0 Å². The lowest BCUT2D eigenvalue weighted by Gasteiger charge is -2.21. The van der Waals surface area contributed by atoms with E-state index < -0.39 is 0 Å². The van der Waals surface area contributed by atoms with Crippen LogP contribution >= 0.6 is 11.3 Å². The van der Waals surface area contributed by atoms with E-state index in [1.54, 1.807) is 4.90 Å². The standard InChI is InChI=1S/C22H18N2O2S/c1-15-10-12-17(13-11-15)24-21(25)19(18-9-6-14-27-18)20(22(24)26)23(2)16-7-4-3-5-8-16/h3-14H,1-2H3. The Morgan fingerprint density at radius 1 is 0.852 bits per heavy atom. The second-order valence-corrected chi connectivity index (χ2v) is 7.32. The average molecular weight is 374 g/mol. The number of amides is 2. The highest BCUT2D eigenvalue weighted by Gasteiger charge is 2.42. The summed E-state index contributed by atoms with van der Waals surface area (Å²) >= 11 is 1.46. The monoisotopic (exact) mass is 374 g/mol. The van der Waals surface area contributed by atoms with Crippen LogP contribution in [0.5, 0.6) is 0 Å².